The Morgan fingerprint density at radius 1 is 1.19 bits per heavy atom. The fraction of sp³-hybridized carbons (Fsp3) is 0.278. The number of nitrogens with one attached hydrogen (secondary N) is 1. The van der Waals surface area contributed by atoms with Gasteiger partial charge in [-0.15, -0.1) is 0 Å². The monoisotopic (exact) mass is 500 g/mol. The highest BCUT2D eigenvalue weighted by molar-refractivity contribution is 9.10. The van der Waals surface area contributed by atoms with Gasteiger partial charge in [0.2, 0.25) is 5.91 Å². The molecule has 0 fully saturated rings. The first kappa shape index (κ1) is 19.4. The van der Waals surface area contributed by atoms with Gasteiger partial charge in [0.05, 0.1) is 0 Å². The van der Waals surface area contributed by atoms with Crippen LogP contribution in [0.4, 0.5) is 11.4 Å². The van der Waals surface area contributed by atoms with Gasteiger partial charge < -0.3 is 4.90 Å². The number of benzene rings is 2. The number of hydrogen-bond donors (Lipinski definition) is 1. The number of aryl methyl sites for hydroxylation is 1. The number of fused-ring (bicyclic) bond motifs is 1. The van der Waals surface area contributed by atoms with Gasteiger partial charge in [0.15, 0.2) is 0 Å². The summed E-state index contributed by atoms with van der Waals surface area (Å²) in [4.78, 5) is 13.7. The van der Waals surface area contributed by atoms with Gasteiger partial charge in [0.25, 0.3) is 10.0 Å². The van der Waals surface area contributed by atoms with Crippen molar-refractivity contribution in [3.63, 3.8) is 0 Å². The quantitative estimate of drug-likeness (QED) is 0.667. The zero-order valence-corrected chi connectivity index (χ0v) is 18.5. The van der Waals surface area contributed by atoms with Crippen molar-refractivity contribution in [2.75, 3.05) is 9.62 Å². The van der Waals surface area contributed by atoms with E-state index in [-0.39, 0.29) is 16.8 Å². The Balaban J connectivity index is 2.03. The molecule has 0 aliphatic carbocycles. The molecule has 2 aromatic carbocycles. The van der Waals surface area contributed by atoms with Crippen molar-refractivity contribution in [3.05, 3.63) is 50.4 Å². The summed E-state index contributed by atoms with van der Waals surface area (Å²) in [5.41, 5.74) is 3.02. The van der Waals surface area contributed by atoms with Gasteiger partial charge in [-0.3, -0.25) is 9.52 Å². The van der Waals surface area contributed by atoms with Gasteiger partial charge in [-0.25, -0.2) is 8.42 Å². The van der Waals surface area contributed by atoms with Gasteiger partial charge in [-0.2, -0.15) is 0 Å². The number of anilines is 2. The van der Waals surface area contributed by atoms with Crippen LogP contribution >= 0.6 is 31.9 Å². The zero-order valence-electron chi connectivity index (χ0n) is 14.5. The molecule has 5 nitrogen and oxygen atoms in total. The zero-order chi connectivity index (χ0) is 19.2. The second-order valence-electron chi connectivity index (χ2n) is 6.42. The van der Waals surface area contributed by atoms with Crippen LogP contribution in [0.15, 0.2) is 44.2 Å². The average molecular weight is 502 g/mol. The van der Waals surface area contributed by atoms with Gasteiger partial charge in [0.1, 0.15) is 4.90 Å². The fourth-order valence-electron chi connectivity index (χ4n) is 3.22. The molecule has 1 heterocycles. The van der Waals surface area contributed by atoms with E-state index in [1.807, 2.05) is 13.8 Å². The maximum atomic E-state index is 12.9. The molecule has 0 radical (unpaired) electrons. The maximum Gasteiger partial charge on any atom is 0.263 e. The number of carbonyl (C=O) groups is 1. The minimum Gasteiger partial charge on any atom is -0.309 e. The fourth-order valence-corrected chi connectivity index (χ4v) is 5.63. The molecule has 0 aromatic heterocycles. The third-order valence-electron chi connectivity index (χ3n) is 4.39. The smallest absolute Gasteiger partial charge is 0.263 e. The molecule has 1 aliphatic heterocycles. The van der Waals surface area contributed by atoms with E-state index in [1.165, 1.54) is 6.92 Å². The Bertz CT molecular complexity index is 1010. The molecule has 3 rings (SSSR count). The minimum atomic E-state index is -3.81. The number of hydrogen-bond acceptors (Lipinski definition) is 3. The lowest BCUT2D eigenvalue weighted by atomic mass is 10.1. The summed E-state index contributed by atoms with van der Waals surface area (Å²) >= 11 is 6.77. The van der Waals surface area contributed by atoms with Crippen molar-refractivity contribution >= 4 is 59.2 Å². The van der Waals surface area contributed by atoms with Crippen LogP contribution in [-0.2, 0) is 21.2 Å². The van der Waals surface area contributed by atoms with Crippen LogP contribution in [0.2, 0.25) is 0 Å². The van der Waals surface area contributed by atoms with Crippen LogP contribution in [0.5, 0.6) is 0 Å². The number of halogens is 2. The molecule has 1 N–H and O–H groups in total. The third-order valence-corrected chi connectivity index (χ3v) is 7.62. The van der Waals surface area contributed by atoms with Crippen LogP contribution in [0, 0.1) is 6.92 Å². The molecule has 1 amide bonds. The molecular formula is C18H18Br2N2O3S. The van der Waals surface area contributed by atoms with E-state index >= 15 is 0 Å². The largest absolute Gasteiger partial charge is 0.309 e. The lowest BCUT2D eigenvalue weighted by Crippen LogP contribution is -2.33. The summed E-state index contributed by atoms with van der Waals surface area (Å²) in [5.74, 6) is -0.0987. The van der Waals surface area contributed by atoms with Gasteiger partial charge in [0, 0.05) is 33.3 Å². The molecule has 138 valence electrons. The summed E-state index contributed by atoms with van der Waals surface area (Å²) in [5, 5.41) is 0. The molecule has 8 heteroatoms. The molecule has 2 aromatic rings. The van der Waals surface area contributed by atoms with E-state index in [0.29, 0.717) is 22.3 Å². The van der Waals surface area contributed by atoms with Crippen LogP contribution in [-0.4, -0.2) is 20.4 Å². The van der Waals surface area contributed by atoms with E-state index in [9.17, 15) is 13.2 Å². The molecule has 0 spiro atoms. The van der Waals surface area contributed by atoms with Crippen molar-refractivity contribution in [1.29, 1.82) is 0 Å². The first-order chi connectivity index (χ1) is 12.1. The summed E-state index contributed by atoms with van der Waals surface area (Å²) in [7, 11) is -3.81. The molecule has 1 aliphatic rings. The first-order valence-corrected chi connectivity index (χ1v) is 11.1. The highest BCUT2D eigenvalue weighted by Crippen LogP contribution is 2.38. The Morgan fingerprint density at radius 2 is 1.88 bits per heavy atom. The second kappa shape index (κ2) is 6.98. The SMILES string of the molecule is CC(=O)N1c2cc(S(=O)(=O)Nc3ccc(Br)c(C)c3)c(Br)cc2CC1C. The van der Waals surface area contributed by atoms with E-state index in [2.05, 4.69) is 36.6 Å². The molecule has 1 unspecified atom stereocenters. The van der Waals surface area contributed by atoms with Crippen LogP contribution in [0.3, 0.4) is 0 Å². The number of amides is 1. The molecule has 1 atom stereocenters. The number of rotatable bonds is 3. The molecule has 0 saturated heterocycles. The molecule has 26 heavy (non-hydrogen) atoms. The van der Waals surface area contributed by atoms with E-state index in [1.54, 1.807) is 35.2 Å². The summed E-state index contributed by atoms with van der Waals surface area (Å²) in [6, 6.07) is 8.61. The number of sulfonamides is 1. The molecule has 0 bridgehead atoms. The third kappa shape index (κ3) is 3.54. The van der Waals surface area contributed by atoms with Gasteiger partial charge >= 0.3 is 0 Å². The average Bonchev–Trinajstić information content (AvgIpc) is 2.84. The highest BCUT2D eigenvalue weighted by Gasteiger charge is 2.32. The lowest BCUT2D eigenvalue weighted by molar-refractivity contribution is -0.116. The molecule has 0 saturated carbocycles. The predicted molar refractivity (Wildman–Crippen MR) is 110 cm³/mol. The van der Waals surface area contributed by atoms with Crippen molar-refractivity contribution in [2.45, 2.75) is 38.1 Å². The summed E-state index contributed by atoms with van der Waals surface area (Å²) in [6.45, 7) is 5.33. The van der Waals surface area contributed by atoms with E-state index < -0.39 is 10.0 Å². The number of nitrogens with zero attached hydrogens (tertiary/aromatic N) is 1. The maximum absolute atomic E-state index is 12.9. The van der Waals surface area contributed by atoms with Gasteiger partial charge in [-0.1, -0.05) is 15.9 Å². The highest BCUT2D eigenvalue weighted by atomic mass is 79.9. The Kier molecular flexibility index (Phi) is 5.20. The second-order valence-corrected chi connectivity index (χ2v) is 9.78. The van der Waals surface area contributed by atoms with Gasteiger partial charge in [-0.05, 0) is 77.7 Å². The van der Waals surface area contributed by atoms with Crippen molar-refractivity contribution in [1.82, 2.24) is 0 Å². The Morgan fingerprint density at radius 3 is 2.50 bits per heavy atom. The Hall–Kier alpha value is -1.38. The standard InChI is InChI=1S/C18H18Br2N2O3S/c1-10-6-14(4-5-15(10)19)21-26(24,25)18-9-17-13(8-16(18)20)7-11(2)22(17)12(3)23/h4-6,8-9,11,21H,7H2,1-3H3. The van der Waals surface area contributed by atoms with Crippen molar-refractivity contribution in [2.24, 2.45) is 0 Å². The summed E-state index contributed by atoms with van der Waals surface area (Å²) < 4.78 is 29.8. The summed E-state index contributed by atoms with van der Waals surface area (Å²) in [6.07, 6.45) is 0.702. The van der Waals surface area contributed by atoms with Crippen molar-refractivity contribution < 1.29 is 13.2 Å². The first-order valence-electron chi connectivity index (χ1n) is 8.01. The van der Waals surface area contributed by atoms with E-state index in [4.69, 9.17) is 0 Å². The van der Waals surface area contributed by atoms with Crippen LogP contribution in [0.1, 0.15) is 25.0 Å². The van der Waals surface area contributed by atoms with Crippen LogP contribution < -0.4 is 9.62 Å². The Labute approximate surface area is 170 Å². The van der Waals surface area contributed by atoms with Crippen molar-refractivity contribution in [3.8, 4) is 0 Å². The number of carbonyl (C=O) groups excluding carboxylic acids is 1. The molecular weight excluding hydrogens is 484 g/mol. The van der Waals surface area contributed by atoms with E-state index in [0.717, 1.165) is 15.6 Å². The van der Waals surface area contributed by atoms with Crippen LogP contribution in [0.25, 0.3) is 0 Å². The normalized spacial score (nSPS) is 16.5. The lowest BCUT2D eigenvalue weighted by Gasteiger charge is -2.21. The topological polar surface area (TPSA) is 66.5 Å². The minimum absolute atomic E-state index is 0.00874. The predicted octanol–water partition coefficient (Wildman–Crippen LogP) is 4.62.